The molecule has 0 saturated heterocycles. The minimum absolute atomic E-state index is 0.0131. The van der Waals surface area contributed by atoms with Gasteiger partial charge in [0.15, 0.2) is 17.2 Å². The van der Waals surface area contributed by atoms with Gasteiger partial charge >= 0.3 is 0 Å². The van der Waals surface area contributed by atoms with Crippen molar-refractivity contribution in [3.8, 4) is 11.8 Å². The summed E-state index contributed by atoms with van der Waals surface area (Å²) in [5.41, 5.74) is 2.26. The van der Waals surface area contributed by atoms with Gasteiger partial charge in [0.05, 0.1) is 17.3 Å². The molecule has 0 bridgehead atoms. The van der Waals surface area contributed by atoms with E-state index >= 15 is 0 Å². The zero-order valence-electron chi connectivity index (χ0n) is 18.9. The van der Waals surface area contributed by atoms with E-state index in [1.807, 2.05) is 13.1 Å². The predicted octanol–water partition coefficient (Wildman–Crippen LogP) is 6.10. The average Bonchev–Trinajstić information content (AvgIpc) is 3.13. The molecule has 2 aromatic heterocycles. The highest BCUT2D eigenvalue weighted by Crippen LogP contribution is 2.32. The highest BCUT2D eigenvalue weighted by Gasteiger charge is 2.24. The van der Waals surface area contributed by atoms with Crippen LogP contribution in [-0.2, 0) is 6.61 Å². The van der Waals surface area contributed by atoms with Gasteiger partial charge in [0, 0.05) is 18.5 Å². The SMILES string of the molecule is Cc1cc(OCc2c(F)cccc2F)c2nc(C)c(C(=O)CCC3CCC(C#N)CC3)n2c1. The second kappa shape index (κ2) is 9.70. The summed E-state index contributed by atoms with van der Waals surface area (Å²) < 4.78 is 35.5. The van der Waals surface area contributed by atoms with E-state index in [2.05, 4.69) is 11.1 Å². The first-order chi connectivity index (χ1) is 15.9. The van der Waals surface area contributed by atoms with Crippen LogP contribution >= 0.6 is 0 Å². The maximum Gasteiger partial charge on any atom is 0.181 e. The van der Waals surface area contributed by atoms with Crippen LogP contribution in [0.2, 0.25) is 0 Å². The number of ketones is 1. The molecule has 0 aliphatic heterocycles. The number of pyridine rings is 1. The molecule has 0 spiro atoms. The Labute approximate surface area is 192 Å². The summed E-state index contributed by atoms with van der Waals surface area (Å²) in [5, 5.41) is 9.07. The van der Waals surface area contributed by atoms with Crippen molar-refractivity contribution in [1.29, 1.82) is 5.26 Å². The third-order valence-corrected chi connectivity index (χ3v) is 6.50. The Morgan fingerprint density at radius 3 is 2.58 bits per heavy atom. The van der Waals surface area contributed by atoms with Crippen molar-refractivity contribution in [2.45, 2.75) is 59.0 Å². The van der Waals surface area contributed by atoms with Gasteiger partial charge in [0.2, 0.25) is 0 Å². The molecule has 2 heterocycles. The number of carbonyl (C=O) groups is 1. The number of aromatic nitrogens is 2. The number of fused-ring (bicyclic) bond motifs is 1. The second-order valence-corrected chi connectivity index (χ2v) is 8.92. The molecule has 1 aliphatic rings. The molecular weight excluding hydrogens is 424 g/mol. The minimum Gasteiger partial charge on any atom is -0.485 e. The van der Waals surface area contributed by atoms with Gasteiger partial charge in [-0.15, -0.1) is 0 Å². The Morgan fingerprint density at radius 1 is 1.21 bits per heavy atom. The number of imidazole rings is 1. The van der Waals surface area contributed by atoms with E-state index in [1.54, 1.807) is 17.4 Å². The number of nitrogens with zero attached hydrogens (tertiary/aromatic N) is 3. The highest BCUT2D eigenvalue weighted by atomic mass is 19.1. The lowest BCUT2D eigenvalue weighted by Crippen LogP contribution is -2.15. The fourth-order valence-corrected chi connectivity index (χ4v) is 4.65. The fraction of sp³-hybridized carbons (Fsp3) is 0.423. The smallest absolute Gasteiger partial charge is 0.181 e. The minimum atomic E-state index is -0.669. The van der Waals surface area contributed by atoms with Crippen LogP contribution in [0.25, 0.3) is 5.65 Å². The summed E-state index contributed by atoms with van der Waals surface area (Å²) in [7, 11) is 0. The van der Waals surface area contributed by atoms with Crippen molar-refractivity contribution in [3.05, 3.63) is 64.6 Å². The third kappa shape index (κ3) is 4.90. The monoisotopic (exact) mass is 451 g/mol. The third-order valence-electron chi connectivity index (χ3n) is 6.50. The van der Waals surface area contributed by atoms with Gasteiger partial charge in [-0.1, -0.05) is 6.07 Å². The van der Waals surface area contributed by atoms with E-state index in [4.69, 9.17) is 10.00 Å². The van der Waals surface area contributed by atoms with Crippen LogP contribution in [0.1, 0.15) is 65.8 Å². The summed E-state index contributed by atoms with van der Waals surface area (Å²) in [6, 6.07) is 7.79. The maximum absolute atomic E-state index is 14.0. The summed E-state index contributed by atoms with van der Waals surface area (Å²) in [6.45, 7) is 3.37. The molecule has 3 aromatic rings. The number of rotatable bonds is 7. The van der Waals surface area contributed by atoms with Gasteiger partial charge in [-0.3, -0.25) is 9.20 Å². The molecule has 4 rings (SSSR count). The summed E-state index contributed by atoms with van der Waals surface area (Å²) >= 11 is 0. The van der Waals surface area contributed by atoms with E-state index in [9.17, 15) is 13.6 Å². The lowest BCUT2D eigenvalue weighted by Gasteiger charge is -2.24. The number of aryl methyl sites for hydroxylation is 2. The normalized spacial score (nSPS) is 18.3. The lowest BCUT2D eigenvalue weighted by atomic mass is 9.80. The summed E-state index contributed by atoms with van der Waals surface area (Å²) in [6.07, 6.45) is 6.84. The number of carbonyl (C=O) groups excluding carboxylic acids is 1. The van der Waals surface area contributed by atoms with Gasteiger partial charge in [0.25, 0.3) is 0 Å². The number of benzene rings is 1. The quantitative estimate of drug-likeness (QED) is 0.407. The Bertz CT molecular complexity index is 1200. The Hall–Kier alpha value is -3.27. The van der Waals surface area contributed by atoms with E-state index in [1.165, 1.54) is 18.2 Å². The van der Waals surface area contributed by atoms with Crippen LogP contribution in [-0.4, -0.2) is 15.2 Å². The largest absolute Gasteiger partial charge is 0.485 e. The van der Waals surface area contributed by atoms with Gasteiger partial charge < -0.3 is 4.74 Å². The van der Waals surface area contributed by atoms with Crippen LogP contribution in [0, 0.1) is 48.6 Å². The van der Waals surface area contributed by atoms with E-state index < -0.39 is 11.6 Å². The molecule has 0 atom stereocenters. The zero-order valence-corrected chi connectivity index (χ0v) is 18.9. The van der Waals surface area contributed by atoms with Crippen molar-refractivity contribution in [3.63, 3.8) is 0 Å². The highest BCUT2D eigenvalue weighted by molar-refractivity contribution is 5.96. The number of Topliss-reactive ketones (excluding diaryl/α,β-unsaturated/α-hetero) is 1. The standard InChI is InChI=1S/C26H27F2N3O2/c1-16-12-24(33-15-20-21(27)4-3-5-22(20)28)26-30-17(2)25(31(26)14-16)23(32)11-10-18-6-8-19(13-29)9-7-18/h3-5,12,14,18-19H,6-11,15H2,1-2H3. The molecule has 1 fully saturated rings. The molecule has 1 aromatic carbocycles. The van der Waals surface area contributed by atoms with E-state index in [0.29, 0.717) is 35.1 Å². The molecule has 5 nitrogen and oxygen atoms in total. The number of halogens is 2. The molecule has 0 N–H and O–H groups in total. The average molecular weight is 452 g/mol. The predicted molar refractivity (Wildman–Crippen MR) is 120 cm³/mol. The molecule has 172 valence electrons. The summed E-state index contributed by atoms with van der Waals surface area (Å²) in [5.74, 6) is -0.337. The molecular formula is C26H27F2N3O2. The molecule has 1 saturated carbocycles. The van der Waals surface area contributed by atoms with Crippen molar-refractivity contribution >= 4 is 11.4 Å². The van der Waals surface area contributed by atoms with Gasteiger partial charge in [-0.05, 0) is 75.6 Å². The van der Waals surface area contributed by atoms with E-state index in [-0.39, 0.29) is 23.9 Å². The molecule has 33 heavy (non-hydrogen) atoms. The zero-order chi connectivity index (χ0) is 23.5. The summed E-state index contributed by atoms with van der Waals surface area (Å²) in [4.78, 5) is 17.7. The number of hydrogen-bond donors (Lipinski definition) is 0. The van der Waals surface area contributed by atoms with Gasteiger partial charge in [-0.2, -0.15) is 5.26 Å². The maximum atomic E-state index is 14.0. The second-order valence-electron chi connectivity index (χ2n) is 8.92. The Balaban J connectivity index is 1.53. The Kier molecular flexibility index (Phi) is 6.73. The van der Waals surface area contributed by atoms with Crippen LogP contribution in [0.3, 0.4) is 0 Å². The number of ether oxygens (including phenoxy) is 1. The first kappa shape index (κ1) is 22.9. The molecule has 1 aliphatic carbocycles. The first-order valence-electron chi connectivity index (χ1n) is 11.3. The molecule has 0 unspecified atom stereocenters. The molecule has 0 amide bonds. The van der Waals surface area contributed by atoms with Gasteiger partial charge in [0.1, 0.15) is 23.9 Å². The van der Waals surface area contributed by atoms with Crippen LogP contribution < -0.4 is 4.74 Å². The van der Waals surface area contributed by atoms with Crippen molar-refractivity contribution < 1.29 is 18.3 Å². The van der Waals surface area contributed by atoms with Crippen LogP contribution in [0.5, 0.6) is 5.75 Å². The van der Waals surface area contributed by atoms with Crippen molar-refractivity contribution in [2.24, 2.45) is 11.8 Å². The first-order valence-corrected chi connectivity index (χ1v) is 11.3. The van der Waals surface area contributed by atoms with Crippen molar-refractivity contribution in [1.82, 2.24) is 9.38 Å². The molecule has 7 heteroatoms. The number of hydrogen-bond acceptors (Lipinski definition) is 4. The number of nitriles is 1. The van der Waals surface area contributed by atoms with Gasteiger partial charge in [-0.25, -0.2) is 13.8 Å². The molecule has 0 radical (unpaired) electrons. The lowest BCUT2D eigenvalue weighted by molar-refractivity contribution is 0.0962. The van der Waals surface area contributed by atoms with Crippen LogP contribution in [0.15, 0.2) is 30.5 Å². The van der Waals surface area contributed by atoms with E-state index in [0.717, 1.165) is 37.7 Å². The van der Waals surface area contributed by atoms with Crippen LogP contribution in [0.4, 0.5) is 8.78 Å². The Morgan fingerprint density at radius 2 is 1.91 bits per heavy atom. The fourth-order valence-electron chi connectivity index (χ4n) is 4.65. The topological polar surface area (TPSA) is 67.4 Å². The van der Waals surface area contributed by atoms with Crippen molar-refractivity contribution in [2.75, 3.05) is 0 Å².